The normalized spacial score (nSPS) is 28.0. The minimum Gasteiger partial charge on any atom is -0.487 e. The van der Waals surface area contributed by atoms with Crippen LogP contribution in [0.15, 0.2) is 48.8 Å². The molecule has 0 spiro atoms. The van der Waals surface area contributed by atoms with Crippen LogP contribution in [0.4, 0.5) is 0 Å². The number of hydrogen-bond donors (Lipinski definition) is 1. The standard InChI is InChI=1S/C21H21N3O2/c25-21(18-10-13-5-6-14(18)9-13)24-12-16-11-15-3-1-4-17(19(15)26-16)20-22-7-2-8-23-20/h1-8,13-14,16,18H,9-12H2,(H,24,25)/t13-,14+,16?,18-/m1/s1. The van der Waals surface area contributed by atoms with Crippen molar-refractivity contribution in [3.8, 4) is 17.1 Å². The Balaban J connectivity index is 1.25. The summed E-state index contributed by atoms with van der Waals surface area (Å²) in [6, 6.07) is 7.87. The van der Waals surface area contributed by atoms with E-state index in [1.54, 1.807) is 18.5 Å². The van der Waals surface area contributed by atoms with Crippen molar-refractivity contribution in [2.45, 2.75) is 25.4 Å². The van der Waals surface area contributed by atoms with Crippen LogP contribution < -0.4 is 10.1 Å². The second kappa shape index (κ2) is 6.24. The summed E-state index contributed by atoms with van der Waals surface area (Å²) in [7, 11) is 0. The highest BCUT2D eigenvalue weighted by Gasteiger charge is 2.40. The summed E-state index contributed by atoms with van der Waals surface area (Å²) < 4.78 is 6.16. The van der Waals surface area contributed by atoms with Gasteiger partial charge in [0.25, 0.3) is 0 Å². The maximum absolute atomic E-state index is 12.5. The maximum atomic E-state index is 12.5. The van der Waals surface area contributed by atoms with Crippen molar-refractivity contribution < 1.29 is 9.53 Å². The number of para-hydroxylation sites is 1. The van der Waals surface area contributed by atoms with Gasteiger partial charge in [-0.3, -0.25) is 4.79 Å². The monoisotopic (exact) mass is 347 g/mol. The van der Waals surface area contributed by atoms with Crippen molar-refractivity contribution in [2.24, 2.45) is 17.8 Å². The number of carbonyl (C=O) groups is 1. The topological polar surface area (TPSA) is 64.1 Å². The minimum absolute atomic E-state index is 0.0343. The molecule has 1 unspecified atom stereocenters. The smallest absolute Gasteiger partial charge is 0.223 e. The van der Waals surface area contributed by atoms with Crippen LogP contribution in [-0.2, 0) is 11.2 Å². The van der Waals surface area contributed by atoms with Gasteiger partial charge in [0, 0.05) is 24.7 Å². The van der Waals surface area contributed by atoms with E-state index in [1.807, 2.05) is 12.1 Å². The summed E-state index contributed by atoms with van der Waals surface area (Å²) in [5.74, 6) is 2.87. The molecule has 2 heterocycles. The van der Waals surface area contributed by atoms with Gasteiger partial charge in [-0.05, 0) is 42.4 Å². The Morgan fingerprint density at radius 2 is 2.04 bits per heavy atom. The first-order valence-corrected chi connectivity index (χ1v) is 9.30. The number of nitrogens with zero attached hydrogens (tertiary/aromatic N) is 2. The lowest BCUT2D eigenvalue weighted by Crippen LogP contribution is -2.39. The molecule has 2 bridgehead atoms. The van der Waals surface area contributed by atoms with Gasteiger partial charge in [-0.1, -0.05) is 24.3 Å². The number of aromatic nitrogens is 2. The summed E-state index contributed by atoms with van der Waals surface area (Å²) in [6.07, 6.45) is 10.8. The van der Waals surface area contributed by atoms with Gasteiger partial charge in [-0.2, -0.15) is 0 Å². The predicted octanol–water partition coefficient (Wildman–Crippen LogP) is 2.78. The van der Waals surface area contributed by atoms with Gasteiger partial charge in [0.2, 0.25) is 5.91 Å². The third-order valence-corrected chi connectivity index (χ3v) is 5.75. The van der Waals surface area contributed by atoms with E-state index < -0.39 is 0 Å². The second-order valence-electron chi connectivity index (χ2n) is 7.44. The van der Waals surface area contributed by atoms with Crippen LogP contribution in [0.1, 0.15) is 18.4 Å². The van der Waals surface area contributed by atoms with Crippen LogP contribution in [-0.4, -0.2) is 28.5 Å². The molecule has 3 aliphatic rings. The van der Waals surface area contributed by atoms with E-state index in [0.29, 0.717) is 24.2 Å². The van der Waals surface area contributed by atoms with Crippen LogP contribution in [0.2, 0.25) is 0 Å². The number of carbonyl (C=O) groups excluding carboxylic acids is 1. The fraction of sp³-hybridized carbons (Fsp3) is 0.381. The molecule has 1 fully saturated rings. The van der Waals surface area contributed by atoms with Crippen molar-refractivity contribution in [3.63, 3.8) is 0 Å². The Labute approximate surface area is 152 Å². The number of allylic oxidation sites excluding steroid dienone is 2. The molecule has 26 heavy (non-hydrogen) atoms. The zero-order valence-corrected chi connectivity index (χ0v) is 14.5. The van der Waals surface area contributed by atoms with Crippen molar-refractivity contribution in [1.82, 2.24) is 15.3 Å². The molecule has 5 heteroatoms. The molecule has 1 N–H and O–H groups in total. The van der Waals surface area contributed by atoms with Gasteiger partial charge in [-0.25, -0.2) is 9.97 Å². The summed E-state index contributed by atoms with van der Waals surface area (Å²) in [4.78, 5) is 21.2. The molecule has 1 aromatic heterocycles. The number of amides is 1. The summed E-state index contributed by atoms with van der Waals surface area (Å²) in [5, 5.41) is 3.12. The number of hydrogen-bond acceptors (Lipinski definition) is 4. The number of nitrogens with one attached hydrogen (secondary N) is 1. The fourth-order valence-corrected chi connectivity index (χ4v) is 4.49. The molecule has 1 amide bonds. The van der Waals surface area contributed by atoms with E-state index in [0.717, 1.165) is 36.1 Å². The summed E-state index contributed by atoms with van der Waals surface area (Å²) >= 11 is 0. The van der Waals surface area contributed by atoms with Gasteiger partial charge in [0.05, 0.1) is 12.1 Å². The van der Waals surface area contributed by atoms with Gasteiger partial charge < -0.3 is 10.1 Å². The van der Waals surface area contributed by atoms with E-state index in [9.17, 15) is 4.79 Å². The molecule has 5 nitrogen and oxygen atoms in total. The lowest BCUT2D eigenvalue weighted by atomic mass is 9.93. The Kier molecular flexibility index (Phi) is 3.73. The third kappa shape index (κ3) is 2.68. The molecule has 0 radical (unpaired) electrons. The van der Waals surface area contributed by atoms with Crippen LogP contribution in [0.25, 0.3) is 11.4 Å². The van der Waals surface area contributed by atoms with Crippen molar-refractivity contribution in [3.05, 3.63) is 54.4 Å². The van der Waals surface area contributed by atoms with E-state index in [4.69, 9.17) is 4.74 Å². The Hall–Kier alpha value is -2.69. The fourth-order valence-electron chi connectivity index (χ4n) is 4.49. The number of fused-ring (bicyclic) bond motifs is 3. The highest BCUT2D eigenvalue weighted by molar-refractivity contribution is 5.80. The van der Waals surface area contributed by atoms with Gasteiger partial charge in [0.15, 0.2) is 5.82 Å². The molecular formula is C21H21N3O2. The Bertz CT molecular complexity index is 865. The molecule has 2 aliphatic carbocycles. The molecule has 1 aromatic carbocycles. The zero-order chi connectivity index (χ0) is 17.5. The first-order chi connectivity index (χ1) is 12.8. The average Bonchev–Trinajstić information content (AvgIpc) is 3.41. The van der Waals surface area contributed by atoms with Gasteiger partial charge in [-0.15, -0.1) is 0 Å². The van der Waals surface area contributed by atoms with Crippen LogP contribution in [0.3, 0.4) is 0 Å². The summed E-state index contributed by atoms with van der Waals surface area (Å²) in [6.45, 7) is 0.542. The Morgan fingerprint density at radius 3 is 2.81 bits per heavy atom. The molecule has 4 atom stereocenters. The van der Waals surface area contributed by atoms with E-state index >= 15 is 0 Å². The SMILES string of the molecule is O=C(NCC1Cc2cccc(-c3ncccn3)c2O1)[C@@H]1C[C@@H]2C=C[C@H]1C2. The number of ether oxygens (including phenoxy) is 1. The molecule has 5 rings (SSSR count). The molecule has 132 valence electrons. The first kappa shape index (κ1) is 15.6. The largest absolute Gasteiger partial charge is 0.487 e. The highest BCUT2D eigenvalue weighted by atomic mass is 16.5. The zero-order valence-electron chi connectivity index (χ0n) is 14.5. The van der Waals surface area contributed by atoms with E-state index in [1.165, 1.54) is 0 Å². The minimum atomic E-state index is -0.0343. The van der Waals surface area contributed by atoms with Crippen molar-refractivity contribution in [1.29, 1.82) is 0 Å². The molecule has 1 aliphatic heterocycles. The highest BCUT2D eigenvalue weighted by Crippen LogP contribution is 2.43. The third-order valence-electron chi connectivity index (χ3n) is 5.75. The average molecular weight is 347 g/mol. The number of benzene rings is 1. The van der Waals surface area contributed by atoms with E-state index in [2.05, 4.69) is 33.5 Å². The number of rotatable bonds is 4. The molecular weight excluding hydrogens is 326 g/mol. The summed E-state index contributed by atoms with van der Waals surface area (Å²) in [5.41, 5.74) is 2.06. The van der Waals surface area contributed by atoms with Gasteiger partial charge >= 0.3 is 0 Å². The predicted molar refractivity (Wildman–Crippen MR) is 97.4 cm³/mol. The first-order valence-electron chi connectivity index (χ1n) is 9.30. The molecule has 0 saturated heterocycles. The maximum Gasteiger partial charge on any atom is 0.223 e. The van der Waals surface area contributed by atoms with E-state index in [-0.39, 0.29) is 17.9 Å². The van der Waals surface area contributed by atoms with Crippen molar-refractivity contribution >= 4 is 5.91 Å². The van der Waals surface area contributed by atoms with Crippen LogP contribution >= 0.6 is 0 Å². The van der Waals surface area contributed by atoms with Crippen molar-refractivity contribution in [2.75, 3.05) is 6.54 Å². The second-order valence-corrected chi connectivity index (χ2v) is 7.44. The quantitative estimate of drug-likeness (QED) is 0.864. The lowest BCUT2D eigenvalue weighted by molar-refractivity contribution is -0.126. The molecule has 1 saturated carbocycles. The molecule has 2 aromatic rings. The van der Waals surface area contributed by atoms with Crippen LogP contribution in [0.5, 0.6) is 5.75 Å². The van der Waals surface area contributed by atoms with Gasteiger partial charge in [0.1, 0.15) is 11.9 Å². The Morgan fingerprint density at radius 1 is 1.15 bits per heavy atom. The lowest BCUT2D eigenvalue weighted by Gasteiger charge is -2.19. The van der Waals surface area contributed by atoms with Crippen LogP contribution in [0, 0.1) is 17.8 Å².